The van der Waals surface area contributed by atoms with Gasteiger partial charge in [0.25, 0.3) is 0 Å². The summed E-state index contributed by atoms with van der Waals surface area (Å²) in [5.74, 6) is 0.0226. The minimum atomic E-state index is -3.36. The Bertz CT molecular complexity index is 979. The number of carbonyl (C=O) groups excluding carboxylic acids is 1. The summed E-state index contributed by atoms with van der Waals surface area (Å²) in [5.41, 5.74) is 0.801. The van der Waals surface area contributed by atoms with E-state index in [1.807, 2.05) is 42.2 Å². The molecule has 1 aliphatic heterocycles. The van der Waals surface area contributed by atoms with Gasteiger partial charge in [0.05, 0.1) is 5.75 Å². The van der Waals surface area contributed by atoms with Crippen molar-refractivity contribution in [1.29, 1.82) is 0 Å². The molecule has 7 nitrogen and oxygen atoms in total. The Balaban J connectivity index is 1.41. The summed E-state index contributed by atoms with van der Waals surface area (Å²) < 4.78 is 27.4. The average Bonchev–Trinajstić information content (AvgIpc) is 3.41. The van der Waals surface area contributed by atoms with Crippen molar-refractivity contribution in [3.8, 4) is 0 Å². The predicted molar refractivity (Wildman–Crippen MR) is 124 cm³/mol. The summed E-state index contributed by atoms with van der Waals surface area (Å²) >= 11 is 1.47. The highest BCUT2D eigenvalue weighted by Crippen LogP contribution is 2.30. The van der Waals surface area contributed by atoms with Crippen LogP contribution in [0.15, 0.2) is 36.5 Å². The van der Waals surface area contributed by atoms with Crippen LogP contribution in [0.3, 0.4) is 0 Å². The first-order valence-electron chi connectivity index (χ1n) is 11.0. The summed E-state index contributed by atoms with van der Waals surface area (Å²) in [7, 11) is -3.36. The molecule has 31 heavy (non-hydrogen) atoms. The van der Waals surface area contributed by atoms with E-state index in [9.17, 15) is 13.2 Å². The van der Waals surface area contributed by atoms with Crippen molar-refractivity contribution in [2.24, 2.45) is 0 Å². The van der Waals surface area contributed by atoms with Crippen LogP contribution in [0.25, 0.3) is 0 Å². The van der Waals surface area contributed by atoms with E-state index in [1.165, 1.54) is 11.3 Å². The summed E-state index contributed by atoms with van der Waals surface area (Å²) in [6.07, 6.45) is 7.37. The number of aryl methyl sites for hydroxylation is 1. The van der Waals surface area contributed by atoms with Gasteiger partial charge in [0.15, 0.2) is 5.13 Å². The van der Waals surface area contributed by atoms with Gasteiger partial charge in [0.2, 0.25) is 10.0 Å². The van der Waals surface area contributed by atoms with Crippen molar-refractivity contribution in [3.05, 3.63) is 47.0 Å². The van der Waals surface area contributed by atoms with E-state index in [0.717, 1.165) is 36.1 Å². The summed E-state index contributed by atoms with van der Waals surface area (Å²) in [6, 6.07) is 9.46. The quantitative estimate of drug-likeness (QED) is 0.697. The zero-order valence-corrected chi connectivity index (χ0v) is 19.5. The van der Waals surface area contributed by atoms with Gasteiger partial charge in [-0.1, -0.05) is 43.2 Å². The van der Waals surface area contributed by atoms with Gasteiger partial charge in [0, 0.05) is 36.2 Å². The van der Waals surface area contributed by atoms with E-state index in [2.05, 4.69) is 10.3 Å². The molecule has 168 valence electrons. The molecule has 9 heteroatoms. The Hall–Kier alpha value is -1.97. The number of benzene rings is 1. The highest BCUT2D eigenvalue weighted by Gasteiger charge is 2.37. The Morgan fingerprint density at radius 2 is 1.77 bits per heavy atom. The molecule has 2 amide bonds. The molecule has 2 aliphatic rings. The molecule has 0 atom stereocenters. The number of hydrogen-bond acceptors (Lipinski definition) is 5. The maximum absolute atomic E-state index is 13.2. The fourth-order valence-corrected chi connectivity index (χ4v) is 6.87. The number of thiazole rings is 1. The van der Waals surface area contributed by atoms with Crippen molar-refractivity contribution in [1.82, 2.24) is 14.2 Å². The molecule has 0 radical (unpaired) electrons. The fraction of sp³-hybridized carbons (Fsp3) is 0.545. The Morgan fingerprint density at radius 3 is 2.39 bits per heavy atom. The third kappa shape index (κ3) is 5.45. The Kier molecular flexibility index (Phi) is 6.93. The van der Waals surface area contributed by atoms with Crippen LogP contribution in [0, 0.1) is 6.92 Å². The van der Waals surface area contributed by atoms with E-state index in [0.29, 0.717) is 31.1 Å². The maximum Gasteiger partial charge on any atom is 0.324 e. The van der Waals surface area contributed by atoms with Gasteiger partial charge in [-0.05, 0) is 38.2 Å². The largest absolute Gasteiger partial charge is 0.324 e. The molecule has 0 unspecified atom stereocenters. The van der Waals surface area contributed by atoms with Crippen molar-refractivity contribution in [3.63, 3.8) is 0 Å². The summed E-state index contributed by atoms with van der Waals surface area (Å²) in [4.78, 5) is 20.5. The van der Waals surface area contributed by atoms with Gasteiger partial charge >= 0.3 is 6.03 Å². The van der Waals surface area contributed by atoms with Crippen LogP contribution < -0.4 is 5.32 Å². The van der Waals surface area contributed by atoms with E-state index >= 15 is 0 Å². The lowest BCUT2D eigenvalue weighted by Gasteiger charge is -2.41. The first-order chi connectivity index (χ1) is 14.9. The van der Waals surface area contributed by atoms with Crippen LogP contribution in [0.2, 0.25) is 0 Å². The second-order valence-electron chi connectivity index (χ2n) is 8.42. The van der Waals surface area contributed by atoms with Crippen LogP contribution in [0.4, 0.5) is 9.93 Å². The number of aromatic nitrogens is 1. The normalized spacial score (nSPS) is 18.9. The van der Waals surface area contributed by atoms with Gasteiger partial charge in [-0.25, -0.2) is 22.5 Å². The van der Waals surface area contributed by atoms with Crippen molar-refractivity contribution in [2.75, 3.05) is 18.4 Å². The number of anilines is 1. The van der Waals surface area contributed by atoms with Gasteiger partial charge in [-0.2, -0.15) is 0 Å². The van der Waals surface area contributed by atoms with Crippen LogP contribution in [-0.2, 0) is 15.8 Å². The minimum absolute atomic E-state index is 0.0226. The summed E-state index contributed by atoms with van der Waals surface area (Å²) in [5, 5.41) is 3.59. The highest BCUT2D eigenvalue weighted by atomic mass is 32.2. The van der Waals surface area contributed by atoms with Gasteiger partial charge in [-0.15, -0.1) is 11.3 Å². The Morgan fingerprint density at radius 1 is 1.13 bits per heavy atom. The molecule has 1 aliphatic carbocycles. The van der Waals surface area contributed by atoms with Crippen LogP contribution in [0.5, 0.6) is 0 Å². The molecule has 1 N–H and O–H groups in total. The van der Waals surface area contributed by atoms with Gasteiger partial charge < -0.3 is 4.90 Å². The zero-order chi connectivity index (χ0) is 21.8. The molecule has 2 fully saturated rings. The molecular weight excluding hydrogens is 432 g/mol. The van der Waals surface area contributed by atoms with E-state index < -0.39 is 10.0 Å². The SMILES string of the molecule is Cc1cnc(NC(=O)N(C2CCCC2)C2CCN(S(=O)(=O)Cc3ccccc3)CC2)s1. The number of amides is 2. The van der Waals surface area contributed by atoms with Gasteiger partial charge in [-0.3, -0.25) is 5.32 Å². The van der Waals surface area contributed by atoms with Crippen LogP contribution in [-0.4, -0.2) is 53.8 Å². The number of sulfonamides is 1. The highest BCUT2D eigenvalue weighted by molar-refractivity contribution is 7.88. The molecule has 1 aromatic heterocycles. The first-order valence-corrected chi connectivity index (χ1v) is 13.4. The Labute approximate surface area is 188 Å². The number of rotatable bonds is 6. The van der Waals surface area contributed by atoms with E-state index in [4.69, 9.17) is 0 Å². The maximum atomic E-state index is 13.2. The fourth-order valence-electron chi connectivity index (χ4n) is 4.66. The lowest BCUT2D eigenvalue weighted by atomic mass is 10.0. The molecule has 1 saturated heterocycles. The number of piperidine rings is 1. The number of urea groups is 1. The minimum Gasteiger partial charge on any atom is -0.318 e. The van der Waals surface area contributed by atoms with Crippen molar-refractivity contribution < 1.29 is 13.2 Å². The molecule has 2 aromatic rings. The van der Waals surface area contributed by atoms with E-state index in [-0.39, 0.29) is 23.9 Å². The van der Waals surface area contributed by atoms with Gasteiger partial charge in [0.1, 0.15) is 0 Å². The van der Waals surface area contributed by atoms with Crippen LogP contribution >= 0.6 is 11.3 Å². The molecule has 0 bridgehead atoms. The number of hydrogen-bond donors (Lipinski definition) is 1. The number of carbonyl (C=O) groups is 1. The third-order valence-corrected chi connectivity index (χ3v) is 8.87. The monoisotopic (exact) mass is 462 g/mol. The van der Waals surface area contributed by atoms with Crippen molar-refractivity contribution >= 4 is 32.5 Å². The molecular formula is C22H30N4O3S2. The lowest BCUT2D eigenvalue weighted by Crippen LogP contribution is -2.53. The van der Waals surface area contributed by atoms with E-state index in [1.54, 1.807) is 10.5 Å². The summed E-state index contributed by atoms with van der Waals surface area (Å²) in [6.45, 7) is 2.87. The van der Waals surface area contributed by atoms with Crippen LogP contribution in [0.1, 0.15) is 49.0 Å². The molecule has 2 heterocycles. The molecule has 4 rings (SSSR count). The topological polar surface area (TPSA) is 82.6 Å². The lowest BCUT2D eigenvalue weighted by molar-refractivity contribution is 0.124. The zero-order valence-electron chi connectivity index (χ0n) is 17.9. The molecule has 1 aromatic carbocycles. The average molecular weight is 463 g/mol. The second kappa shape index (κ2) is 9.67. The molecule has 0 spiro atoms. The second-order valence-corrected chi connectivity index (χ2v) is 11.6. The number of nitrogens with zero attached hydrogens (tertiary/aromatic N) is 3. The standard InChI is InChI=1S/C22H30N4O3S2/c1-17-15-23-21(30-17)24-22(27)26(19-9-5-6-10-19)20-11-13-25(14-12-20)31(28,29)16-18-7-3-2-4-8-18/h2-4,7-8,15,19-20H,5-6,9-14,16H2,1H3,(H,23,24,27). The van der Waals surface area contributed by atoms with Crippen molar-refractivity contribution in [2.45, 2.75) is 63.3 Å². The predicted octanol–water partition coefficient (Wildman–Crippen LogP) is 4.22. The third-order valence-electron chi connectivity index (χ3n) is 6.19. The smallest absolute Gasteiger partial charge is 0.318 e. The molecule has 1 saturated carbocycles. The first kappa shape index (κ1) is 22.2. The number of nitrogens with one attached hydrogen (secondary N) is 1.